The van der Waals surface area contributed by atoms with Crippen LogP contribution >= 0.6 is 11.6 Å². The zero-order valence-electron chi connectivity index (χ0n) is 11.2. The van der Waals surface area contributed by atoms with Crippen LogP contribution in [0.3, 0.4) is 0 Å². The molecule has 3 rings (SSSR count). The molecule has 0 amide bonds. The summed E-state index contributed by atoms with van der Waals surface area (Å²) in [5.74, 6) is -1.14. The molecule has 0 unspecified atom stereocenters. The Morgan fingerprint density at radius 2 is 1.82 bits per heavy atom. The monoisotopic (exact) mass is 321 g/mol. The van der Waals surface area contributed by atoms with Crippen molar-refractivity contribution in [3.63, 3.8) is 0 Å². The number of aromatic nitrogens is 1. The van der Waals surface area contributed by atoms with E-state index in [4.69, 9.17) is 16.1 Å². The number of hydrogen-bond acceptors (Lipinski definition) is 3. The molecule has 0 fully saturated rings. The topological polar surface area (TPSA) is 46.3 Å². The number of halogens is 3. The summed E-state index contributed by atoms with van der Waals surface area (Å²) in [6.07, 6.45) is 0. The van der Waals surface area contributed by atoms with Crippen LogP contribution in [-0.4, -0.2) is 10.3 Å². The largest absolute Gasteiger partial charge is 0.391 e. The predicted octanol–water partition coefficient (Wildman–Crippen LogP) is 4.43. The molecule has 3 aromatic rings. The maximum Gasteiger partial charge on any atom is 0.173 e. The predicted molar refractivity (Wildman–Crippen MR) is 78.2 cm³/mol. The Labute approximate surface area is 129 Å². The van der Waals surface area contributed by atoms with Crippen LogP contribution in [0.5, 0.6) is 0 Å². The molecule has 3 nitrogen and oxygen atoms in total. The van der Waals surface area contributed by atoms with E-state index in [1.165, 1.54) is 6.07 Å². The average molecular weight is 322 g/mol. The molecule has 0 atom stereocenters. The quantitative estimate of drug-likeness (QED) is 0.776. The average Bonchev–Trinajstić information content (AvgIpc) is 2.91. The highest BCUT2D eigenvalue weighted by molar-refractivity contribution is 6.30. The van der Waals surface area contributed by atoms with Gasteiger partial charge in [-0.25, -0.2) is 8.78 Å². The number of nitrogens with zero attached hydrogens (tertiary/aromatic N) is 1. The molecule has 1 heterocycles. The van der Waals surface area contributed by atoms with Crippen LogP contribution < -0.4 is 0 Å². The Morgan fingerprint density at radius 3 is 2.45 bits per heavy atom. The Hall–Kier alpha value is -2.24. The van der Waals surface area contributed by atoms with Gasteiger partial charge in [-0.05, 0) is 36.4 Å². The lowest BCUT2D eigenvalue weighted by atomic mass is 10.0. The minimum Gasteiger partial charge on any atom is -0.391 e. The van der Waals surface area contributed by atoms with Crippen molar-refractivity contribution in [1.29, 1.82) is 0 Å². The van der Waals surface area contributed by atoms with Crippen molar-refractivity contribution in [2.75, 3.05) is 0 Å². The van der Waals surface area contributed by atoms with Gasteiger partial charge in [0.1, 0.15) is 17.3 Å². The first-order chi connectivity index (χ1) is 10.6. The summed E-state index contributed by atoms with van der Waals surface area (Å²) in [5, 5.41) is 14.0. The van der Waals surface area contributed by atoms with Crippen LogP contribution in [0.2, 0.25) is 5.02 Å². The second kappa shape index (κ2) is 5.87. The maximum atomic E-state index is 13.9. The van der Waals surface area contributed by atoms with Crippen molar-refractivity contribution >= 4 is 11.6 Å². The third-order valence-electron chi connectivity index (χ3n) is 3.24. The van der Waals surface area contributed by atoms with E-state index in [0.29, 0.717) is 21.9 Å². The van der Waals surface area contributed by atoms with Gasteiger partial charge in [0.2, 0.25) is 0 Å². The van der Waals surface area contributed by atoms with E-state index in [9.17, 15) is 13.9 Å². The third kappa shape index (κ3) is 2.61. The summed E-state index contributed by atoms with van der Waals surface area (Å²) in [6, 6.07) is 9.87. The number of aliphatic hydroxyl groups is 1. The number of rotatable bonds is 3. The van der Waals surface area contributed by atoms with Gasteiger partial charge in [-0.3, -0.25) is 0 Å². The molecule has 0 bridgehead atoms. The van der Waals surface area contributed by atoms with Gasteiger partial charge in [0, 0.05) is 22.2 Å². The van der Waals surface area contributed by atoms with E-state index in [-0.39, 0.29) is 11.3 Å². The highest BCUT2D eigenvalue weighted by atomic mass is 35.5. The summed E-state index contributed by atoms with van der Waals surface area (Å²) < 4.78 is 32.1. The van der Waals surface area contributed by atoms with E-state index in [1.807, 2.05) is 0 Å². The van der Waals surface area contributed by atoms with Crippen LogP contribution in [0.4, 0.5) is 8.78 Å². The molecule has 0 aliphatic carbocycles. The molecule has 0 aliphatic heterocycles. The lowest BCUT2D eigenvalue weighted by Gasteiger charge is -2.03. The molecule has 0 radical (unpaired) electrons. The second-order valence-electron chi connectivity index (χ2n) is 4.63. The zero-order chi connectivity index (χ0) is 15.7. The fourth-order valence-electron chi connectivity index (χ4n) is 2.18. The summed E-state index contributed by atoms with van der Waals surface area (Å²) in [4.78, 5) is 0. The van der Waals surface area contributed by atoms with Crippen LogP contribution in [0, 0.1) is 11.6 Å². The lowest BCUT2D eigenvalue weighted by molar-refractivity contribution is 0.281. The SMILES string of the molecule is OCc1c(-c2ccc(F)cc2F)noc1-c1ccc(Cl)cc1. The van der Waals surface area contributed by atoms with Gasteiger partial charge in [0.15, 0.2) is 5.76 Å². The van der Waals surface area contributed by atoms with Crippen LogP contribution in [0.1, 0.15) is 5.56 Å². The number of aliphatic hydroxyl groups excluding tert-OH is 1. The molecule has 0 spiro atoms. The van der Waals surface area contributed by atoms with Gasteiger partial charge in [-0.1, -0.05) is 16.8 Å². The summed E-state index contributed by atoms with van der Waals surface area (Å²) in [7, 11) is 0. The number of benzene rings is 2. The Morgan fingerprint density at radius 1 is 1.09 bits per heavy atom. The molecule has 1 aromatic heterocycles. The fourth-order valence-corrected chi connectivity index (χ4v) is 2.30. The normalized spacial score (nSPS) is 10.9. The van der Waals surface area contributed by atoms with E-state index in [1.54, 1.807) is 24.3 Å². The van der Waals surface area contributed by atoms with E-state index >= 15 is 0 Å². The minimum atomic E-state index is -0.773. The standard InChI is InChI=1S/C16H10ClF2NO2/c17-10-3-1-9(2-4-10)16-13(8-21)15(20-22-16)12-6-5-11(18)7-14(12)19/h1-7,21H,8H2. The molecule has 0 saturated heterocycles. The fraction of sp³-hybridized carbons (Fsp3) is 0.0625. The van der Waals surface area contributed by atoms with Gasteiger partial charge in [-0.15, -0.1) is 0 Å². The van der Waals surface area contributed by atoms with Crippen molar-refractivity contribution in [3.05, 3.63) is 64.7 Å². The molecule has 0 saturated carbocycles. The van der Waals surface area contributed by atoms with Crippen molar-refractivity contribution in [2.24, 2.45) is 0 Å². The molecule has 112 valence electrons. The van der Waals surface area contributed by atoms with E-state index in [0.717, 1.165) is 12.1 Å². The molecule has 0 aliphatic rings. The summed E-state index contributed by atoms with van der Waals surface area (Å²) >= 11 is 5.83. The number of hydrogen-bond donors (Lipinski definition) is 1. The van der Waals surface area contributed by atoms with E-state index < -0.39 is 18.2 Å². The zero-order valence-corrected chi connectivity index (χ0v) is 11.9. The molecule has 1 N–H and O–H groups in total. The molecular formula is C16H10ClF2NO2. The van der Waals surface area contributed by atoms with Crippen LogP contribution in [0.25, 0.3) is 22.6 Å². The summed E-state index contributed by atoms with van der Waals surface area (Å²) in [6.45, 7) is -0.395. The van der Waals surface area contributed by atoms with Crippen molar-refractivity contribution in [2.45, 2.75) is 6.61 Å². The minimum absolute atomic E-state index is 0.0643. The Bertz CT molecular complexity index is 816. The van der Waals surface area contributed by atoms with Gasteiger partial charge < -0.3 is 9.63 Å². The molecule has 6 heteroatoms. The Kier molecular flexibility index (Phi) is 3.92. The molecule has 22 heavy (non-hydrogen) atoms. The molecular weight excluding hydrogens is 312 g/mol. The van der Waals surface area contributed by atoms with E-state index in [2.05, 4.69) is 5.16 Å². The van der Waals surface area contributed by atoms with Gasteiger partial charge in [0.25, 0.3) is 0 Å². The van der Waals surface area contributed by atoms with Crippen LogP contribution in [0.15, 0.2) is 47.0 Å². The van der Waals surface area contributed by atoms with Crippen molar-refractivity contribution < 1.29 is 18.4 Å². The van der Waals surface area contributed by atoms with Gasteiger partial charge in [0.05, 0.1) is 12.2 Å². The first-order valence-corrected chi connectivity index (χ1v) is 6.78. The van der Waals surface area contributed by atoms with Crippen LogP contribution in [-0.2, 0) is 6.61 Å². The van der Waals surface area contributed by atoms with Crippen molar-refractivity contribution in [1.82, 2.24) is 5.16 Å². The maximum absolute atomic E-state index is 13.9. The third-order valence-corrected chi connectivity index (χ3v) is 3.49. The first kappa shape index (κ1) is 14.7. The first-order valence-electron chi connectivity index (χ1n) is 6.41. The lowest BCUT2D eigenvalue weighted by Crippen LogP contribution is -1.92. The summed E-state index contributed by atoms with van der Waals surface area (Å²) in [5.41, 5.74) is 1.18. The van der Waals surface area contributed by atoms with Gasteiger partial charge in [-0.2, -0.15) is 0 Å². The Balaban J connectivity index is 2.13. The van der Waals surface area contributed by atoms with Gasteiger partial charge >= 0.3 is 0 Å². The molecule has 2 aromatic carbocycles. The second-order valence-corrected chi connectivity index (χ2v) is 5.06. The highest BCUT2D eigenvalue weighted by Gasteiger charge is 2.20. The highest BCUT2D eigenvalue weighted by Crippen LogP contribution is 2.34. The smallest absolute Gasteiger partial charge is 0.173 e. The van der Waals surface area contributed by atoms with Crippen molar-refractivity contribution in [3.8, 4) is 22.6 Å².